The molecule has 0 heterocycles. The standard InChI is InChI=1S/C24H27N3O4S/c25-23(30)22(26-21(29)12-11-20(28)17-32)24(31)27(15-13-18-7-3-1-4-8-18)16-14-19-9-5-2-6-10-19/h1-10,17,22H,11-16H2,(H2,25,30)(H,26,29)/t22-/m1/s1. The summed E-state index contributed by atoms with van der Waals surface area (Å²) in [5.41, 5.74) is 7.52. The van der Waals surface area contributed by atoms with E-state index in [1.54, 1.807) is 0 Å². The molecule has 7 nitrogen and oxygen atoms in total. The number of hydrogen-bond acceptors (Lipinski definition) is 5. The number of amides is 3. The molecule has 2 aromatic carbocycles. The fourth-order valence-corrected chi connectivity index (χ4v) is 3.23. The second-order valence-corrected chi connectivity index (χ2v) is 7.52. The molecule has 0 saturated heterocycles. The van der Waals surface area contributed by atoms with Gasteiger partial charge in [0.25, 0.3) is 5.91 Å². The largest absolute Gasteiger partial charge is 0.367 e. The molecule has 2 aromatic rings. The first-order valence-electron chi connectivity index (χ1n) is 10.3. The van der Waals surface area contributed by atoms with E-state index in [1.807, 2.05) is 60.7 Å². The summed E-state index contributed by atoms with van der Waals surface area (Å²) in [5.74, 6) is -2.50. The lowest BCUT2D eigenvalue weighted by molar-refractivity contribution is -0.141. The molecule has 0 spiro atoms. The summed E-state index contributed by atoms with van der Waals surface area (Å²) in [4.78, 5) is 50.2. The second kappa shape index (κ2) is 13.1. The molecule has 0 aliphatic carbocycles. The third-order valence-electron chi connectivity index (χ3n) is 4.90. The number of carbonyl (C=O) groups is 4. The number of ketones is 1. The Morgan fingerprint density at radius 2 is 1.38 bits per heavy atom. The number of thiocarbonyl (C=S) groups is 1. The van der Waals surface area contributed by atoms with Gasteiger partial charge in [-0.05, 0) is 24.0 Å². The van der Waals surface area contributed by atoms with Gasteiger partial charge in [-0.25, -0.2) is 0 Å². The van der Waals surface area contributed by atoms with Crippen LogP contribution in [0.15, 0.2) is 60.7 Å². The third-order valence-corrected chi connectivity index (χ3v) is 5.17. The molecule has 32 heavy (non-hydrogen) atoms. The minimum atomic E-state index is -1.50. The van der Waals surface area contributed by atoms with Gasteiger partial charge in [0, 0.05) is 31.3 Å². The van der Waals surface area contributed by atoms with E-state index in [4.69, 9.17) is 5.73 Å². The van der Waals surface area contributed by atoms with Gasteiger partial charge in [0.2, 0.25) is 11.8 Å². The van der Waals surface area contributed by atoms with Crippen molar-refractivity contribution in [1.29, 1.82) is 0 Å². The van der Waals surface area contributed by atoms with Crippen molar-refractivity contribution in [2.45, 2.75) is 31.7 Å². The Hall–Kier alpha value is -3.39. The lowest BCUT2D eigenvalue weighted by Crippen LogP contribution is -2.55. The van der Waals surface area contributed by atoms with Crippen molar-refractivity contribution in [2.24, 2.45) is 5.73 Å². The Labute approximate surface area is 193 Å². The maximum atomic E-state index is 13.2. The molecule has 0 unspecified atom stereocenters. The molecule has 3 N–H and O–H groups in total. The van der Waals surface area contributed by atoms with Crippen LogP contribution in [-0.2, 0) is 32.0 Å². The second-order valence-electron chi connectivity index (χ2n) is 7.28. The maximum Gasteiger partial charge on any atom is 0.254 e. The summed E-state index contributed by atoms with van der Waals surface area (Å²) in [6.45, 7) is 0.720. The number of benzene rings is 2. The van der Waals surface area contributed by atoms with Gasteiger partial charge >= 0.3 is 0 Å². The Morgan fingerprint density at radius 3 is 1.81 bits per heavy atom. The molecule has 0 fully saturated rings. The zero-order valence-corrected chi connectivity index (χ0v) is 18.6. The van der Waals surface area contributed by atoms with E-state index in [-0.39, 0.29) is 18.6 Å². The molecule has 168 valence electrons. The summed E-state index contributed by atoms with van der Waals surface area (Å²) in [6, 6.07) is 17.8. The van der Waals surface area contributed by atoms with E-state index in [0.29, 0.717) is 25.9 Å². The Bertz CT molecular complexity index is 891. The average molecular weight is 454 g/mol. The number of rotatable bonds is 13. The summed E-state index contributed by atoms with van der Waals surface area (Å²) in [6.07, 6.45) is 0.895. The van der Waals surface area contributed by atoms with Crippen LogP contribution in [0.3, 0.4) is 0 Å². The highest BCUT2D eigenvalue weighted by atomic mass is 32.1. The first-order chi connectivity index (χ1) is 15.4. The summed E-state index contributed by atoms with van der Waals surface area (Å²) in [7, 11) is 0. The SMILES string of the molecule is NC(=O)[C@@H](NC(=O)CCC(=O)C=S)C(=O)N(CCc1ccccc1)CCc1ccccc1. The van der Waals surface area contributed by atoms with Crippen LogP contribution < -0.4 is 11.1 Å². The smallest absolute Gasteiger partial charge is 0.254 e. The van der Waals surface area contributed by atoms with Crippen LogP contribution in [0.1, 0.15) is 24.0 Å². The van der Waals surface area contributed by atoms with Gasteiger partial charge < -0.3 is 16.0 Å². The third kappa shape index (κ3) is 8.39. The Balaban J connectivity index is 2.10. The van der Waals surface area contributed by atoms with Crippen molar-refractivity contribution in [1.82, 2.24) is 10.2 Å². The Morgan fingerprint density at radius 1 is 0.875 bits per heavy atom. The van der Waals surface area contributed by atoms with E-state index in [2.05, 4.69) is 17.5 Å². The quantitative estimate of drug-likeness (QED) is 0.354. The molecular formula is C24H27N3O4S. The number of nitrogens with zero attached hydrogens (tertiary/aromatic N) is 1. The van der Waals surface area contributed by atoms with Gasteiger partial charge in [-0.2, -0.15) is 0 Å². The fraction of sp³-hybridized carbons (Fsp3) is 0.292. The number of nitrogens with two attached hydrogens (primary N) is 1. The van der Waals surface area contributed by atoms with E-state index in [9.17, 15) is 19.2 Å². The zero-order valence-electron chi connectivity index (χ0n) is 17.7. The van der Waals surface area contributed by atoms with Crippen molar-refractivity contribution in [3.05, 3.63) is 71.8 Å². The molecule has 0 saturated carbocycles. The van der Waals surface area contributed by atoms with Crippen molar-refractivity contribution < 1.29 is 19.2 Å². The first-order valence-corrected chi connectivity index (χ1v) is 10.8. The van der Waals surface area contributed by atoms with Gasteiger partial charge in [0.1, 0.15) is 0 Å². The van der Waals surface area contributed by atoms with Crippen LogP contribution in [0.5, 0.6) is 0 Å². The number of hydrogen-bond donors (Lipinski definition) is 2. The van der Waals surface area contributed by atoms with Crippen LogP contribution in [0.2, 0.25) is 0 Å². The highest BCUT2D eigenvalue weighted by molar-refractivity contribution is 7.80. The minimum Gasteiger partial charge on any atom is -0.367 e. The lowest BCUT2D eigenvalue weighted by Gasteiger charge is -2.27. The Kier molecular flexibility index (Phi) is 10.2. The monoisotopic (exact) mass is 453 g/mol. The predicted octanol–water partition coefficient (Wildman–Crippen LogP) is 1.62. The number of Topliss-reactive ketones (excluding diaryl/α,β-unsaturated/α-hetero) is 1. The lowest BCUT2D eigenvalue weighted by atomic mass is 10.1. The molecule has 0 radical (unpaired) electrons. The fourth-order valence-electron chi connectivity index (χ4n) is 3.12. The number of primary amides is 1. The van der Waals surface area contributed by atoms with E-state index in [1.165, 1.54) is 4.90 Å². The van der Waals surface area contributed by atoms with Gasteiger partial charge in [0.05, 0.1) is 0 Å². The van der Waals surface area contributed by atoms with Crippen LogP contribution in [0.25, 0.3) is 0 Å². The first kappa shape index (κ1) is 24.9. The summed E-state index contributed by atoms with van der Waals surface area (Å²) in [5, 5.41) is 3.32. The van der Waals surface area contributed by atoms with Crippen molar-refractivity contribution in [3.8, 4) is 0 Å². The molecule has 0 bridgehead atoms. The van der Waals surface area contributed by atoms with E-state index in [0.717, 1.165) is 16.5 Å². The number of nitrogens with one attached hydrogen (secondary N) is 1. The number of carbonyl (C=O) groups excluding carboxylic acids is 4. The molecule has 2 rings (SSSR count). The topological polar surface area (TPSA) is 110 Å². The molecule has 3 amide bonds. The summed E-state index contributed by atoms with van der Waals surface area (Å²) < 4.78 is 0. The van der Waals surface area contributed by atoms with Crippen molar-refractivity contribution in [2.75, 3.05) is 13.1 Å². The van der Waals surface area contributed by atoms with Crippen LogP contribution in [0, 0.1) is 0 Å². The zero-order chi connectivity index (χ0) is 23.3. The molecule has 1 atom stereocenters. The van der Waals surface area contributed by atoms with Crippen LogP contribution in [-0.4, -0.2) is 52.9 Å². The van der Waals surface area contributed by atoms with Crippen molar-refractivity contribution >= 4 is 41.1 Å². The van der Waals surface area contributed by atoms with Gasteiger partial charge in [-0.1, -0.05) is 72.9 Å². The summed E-state index contributed by atoms with van der Waals surface area (Å²) >= 11 is 4.53. The van der Waals surface area contributed by atoms with E-state index >= 15 is 0 Å². The minimum absolute atomic E-state index is 0.0965. The van der Waals surface area contributed by atoms with Crippen molar-refractivity contribution in [3.63, 3.8) is 0 Å². The molecule has 8 heteroatoms. The van der Waals surface area contributed by atoms with E-state index < -0.39 is 23.8 Å². The molecule has 0 aliphatic heterocycles. The van der Waals surface area contributed by atoms with Crippen LogP contribution >= 0.6 is 12.2 Å². The highest BCUT2D eigenvalue weighted by Crippen LogP contribution is 2.07. The molecule has 0 aromatic heterocycles. The van der Waals surface area contributed by atoms with Gasteiger partial charge in [-0.15, -0.1) is 0 Å². The normalized spacial score (nSPS) is 11.2. The maximum absolute atomic E-state index is 13.2. The predicted molar refractivity (Wildman–Crippen MR) is 126 cm³/mol. The average Bonchev–Trinajstić information content (AvgIpc) is 2.81. The molecular weight excluding hydrogens is 426 g/mol. The van der Waals surface area contributed by atoms with Gasteiger partial charge in [-0.3, -0.25) is 19.2 Å². The van der Waals surface area contributed by atoms with Crippen LogP contribution in [0.4, 0.5) is 0 Å². The highest BCUT2D eigenvalue weighted by Gasteiger charge is 2.30. The molecule has 0 aliphatic rings. The van der Waals surface area contributed by atoms with Gasteiger partial charge in [0.15, 0.2) is 11.8 Å².